The van der Waals surface area contributed by atoms with Gasteiger partial charge in [-0.1, -0.05) is 54.0 Å². The molecule has 1 aliphatic rings. The van der Waals surface area contributed by atoms with Crippen molar-refractivity contribution in [1.82, 2.24) is 4.90 Å². The van der Waals surface area contributed by atoms with E-state index in [1.165, 1.54) is 32.4 Å². The van der Waals surface area contributed by atoms with E-state index < -0.39 is 8.80 Å². The Morgan fingerprint density at radius 2 is 1.57 bits per heavy atom. The van der Waals surface area contributed by atoms with E-state index in [2.05, 4.69) is 25.7 Å². The number of hydrogen-bond acceptors (Lipinski definition) is 1. The molecule has 0 radical (unpaired) electrons. The zero-order chi connectivity index (χ0) is 9.68. The summed E-state index contributed by atoms with van der Waals surface area (Å²) in [5, 5.41) is 0. The summed E-state index contributed by atoms with van der Waals surface area (Å²) >= 11 is 0. The van der Waals surface area contributed by atoms with Crippen LogP contribution in [0, 0.1) is 5.67 Å². The van der Waals surface area contributed by atoms with Crippen LogP contribution in [0.1, 0.15) is 40.0 Å². The minimum atomic E-state index is -0.471. The summed E-state index contributed by atoms with van der Waals surface area (Å²) in [5.74, 6) is 0. The van der Waals surface area contributed by atoms with Gasteiger partial charge in [0, 0.05) is 0 Å². The van der Waals surface area contributed by atoms with Crippen LogP contribution >= 0.6 is 0 Å². The molecule has 1 heterocycles. The molecule has 1 aliphatic heterocycles. The minimum Gasteiger partial charge on any atom is -0.456 e. The van der Waals surface area contributed by atoms with E-state index in [-0.39, 0.29) is 18.9 Å². The van der Waals surface area contributed by atoms with Crippen molar-refractivity contribution in [3.8, 4) is 0 Å². The molecule has 0 spiro atoms. The van der Waals surface area contributed by atoms with E-state index in [1.807, 2.05) is 0 Å². The van der Waals surface area contributed by atoms with Gasteiger partial charge >= 0.3 is 18.9 Å². The van der Waals surface area contributed by atoms with Crippen molar-refractivity contribution in [3.63, 3.8) is 0 Å². The second kappa shape index (κ2) is 7.99. The first-order chi connectivity index (χ1) is 6.29. The monoisotopic (exact) mass is 205 g/mol. The van der Waals surface area contributed by atoms with Gasteiger partial charge in [-0.25, -0.2) is 0 Å². The molecule has 0 aliphatic carbocycles. The van der Waals surface area contributed by atoms with Gasteiger partial charge in [-0.05, 0) is 13.1 Å². The maximum absolute atomic E-state index is 2.59. The molecule has 0 saturated carbocycles. The topological polar surface area (TPSA) is 3.24 Å². The molecule has 0 amide bonds. The fourth-order valence-electron chi connectivity index (χ4n) is 2.50. The van der Waals surface area contributed by atoms with Crippen molar-refractivity contribution in [2.75, 3.05) is 13.1 Å². The maximum Gasteiger partial charge on any atom is 1.00 e. The summed E-state index contributed by atoms with van der Waals surface area (Å²) in [6.07, 6.45) is 4.51. The van der Waals surface area contributed by atoms with Crippen molar-refractivity contribution >= 4 is 8.80 Å². The van der Waals surface area contributed by atoms with Gasteiger partial charge in [0.25, 0.3) is 0 Å². The molecule has 3 heteroatoms. The SMILES string of the molecule is CCN(CC)[C-](C)[SiH]1CCCCC1.[Li+]. The first-order valence-electron chi connectivity index (χ1n) is 5.88. The van der Waals surface area contributed by atoms with Gasteiger partial charge in [0.1, 0.15) is 0 Å². The predicted molar refractivity (Wildman–Crippen MR) is 62.5 cm³/mol. The Morgan fingerprint density at radius 3 is 2.00 bits per heavy atom. The molecule has 0 N–H and O–H groups in total. The van der Waals surface area contributed by atoms with Gasteiger partial charge in [0.05, 0.1) is 0 Å². The molecule has 1 fully saturated rings. The van der Waals surface area contributed by atoms with Crippen molar-refractivity contribution in [3.05, 3.63) is 5.67 Å². The van der Waals surface area contributed by atoms with Gasteiger partial charge in [0.15, 0.2) is 0 Å². The quantitative estimate of drug-likeness (QED) is 0.455. The third kappa shape index (κ3) is 4.10. The standard InChI is InChI=1S/C11H24NSi.Li/c1-4-12(5-2)11(3)13-9-7-6-8-10-13;/h13H,4-10H2,1-3H3;/q-1;+1. The summed E-state index contributed by atoms with van der Waals surface area (Å²) in [7, 11) is -0.471. The number of nitrogens with zero attached hydrogens (tertiary/aromatic N) is 1. The minimum absolute atomic E-state index is 0. The average Bonchev–Trinajstić information content (AvgIpc) is 2.21. The number of hydrogen-bond donors (Lipinski definition) is 0. The maximum atomic E-state index is 2.59. The number of rotatable bonds is 4. The molecule has 0 unspecified atom stereocenters. The normalized spacial score (nSPS) is 18.6. The molecular weight excluding hydrogens is 181 g/mol. The summed E-state index contributed by atoms with van der Waals surface area (Å²) in [4.78, 5) is 2.59. The Hall–Kier alpha value is 0.774. The van der Waals surface area contributed by atoms with Crippen LogP contribution in [0.4, 0.5) is 0 Å². The fourth-order valence-corrected chi connectivity index (χ4v) is 6.07. The van der Waals surface area contributed by atoms with Crippen LogP contribution in [0.3, 0.4) is 0 Å². The van der Waals surface area contributed by atoms with Gasteiger partial charge in [-0.3, -0.25) is 5.67 Å². The van der Waals surface area contributed by atoms with Crippen molar-refractivity contribution in [2.45, 2.75) is 52.1 Å². The Morgan fingerprint density at radius 1 is 1.07 bits per heavy atom. The molecule has 14 heavy (non-hydrogen) atoms. The van der Waals surface area contributed by atoms with E-state index in [1.54, 1.807) is 17.8 Å². The van der Waals surface area contributed by atoms with E-state index in [9.17, 15) is 0 Å². The molecule has 0 atom stereocenters. The van der Waals surface area contributed by atoms with Crippen LogP contribution in [0.5, 0.6) is 0 Å². The summed E-state index contributed by atoms with van der Waals surface area (Å²) in [5.41, 5.74) is 1.78. The Labute approximate surface area is 103 Å². The third-order valence-corrected chi connectivity index (χ3v) is 7.22. The Kier molecular flexibility index (Phi) is 8.43. The molecule has 1 saturated heterocycles. The molecule has 0 aromatic rings. The molecular formula is C11H24LiNSi. The van der Waals surface area contributed by atoms with Crippen LogP contribution in [0.15, 0.2) is 0 Å². The molecule has 1 rings (SSSR count). The largest absolute Gasteiger partial charge is 1.00 e. The molecule has 78 valence electrons. The molecule has 1 nitrogen and oxygen atoms in total. The third-order valence-electron chi connectivity index (χ3n) is 3.46. The van der Waals surface area contributed by atoms with E-state index in [0.717, 1.165) is 0 Å². The van der Waals surface area contributed by atoms with Crippen LogP contribution in [0.2, 0.25) is 12.1 Å². The van der Waals surface area contributed by atoms with Crippen LogP contribution in [-0.2, 0) is 0 Å². The molecule has 0 aromatic heterocycles. The second-order valence-corrected chi connectivity index (χ2v) is 7.53. The summed E-state index contributed by atoms with van der Waals surface area (Å²) in [6, 6.07) is 3.14. The van der Waals surface area contributed by atoms with Crippen molar-refractivity contribution in [1.29, 1.82) is 0 Å². The van der Waals surface area contributed by atoms with Gasteiger partial charge in [0.2, 0.25) is 0 Å². The average molecular weight is 205 g/mol. The molecule has 0 bridgehead atoms. The first-order valence-corrected chi connectivity index (χ1v) is 8.09. The predicted octanol–water partition coefficient (Wildman–Crippen LogP) is -0.166. The second-order valence-electron chi connectivity index (χ2n) is 4.15. The van der Waals surface area contributed by atoms with E-state index in [0.29, 0.717) is 0 Å². The summed E-state index contributed by atoms with van der Waals surface area (Å²) in [6.45, 7) is 9.39. The van der Waals surface area contributed by atoms with Crippen molar-refractivity contribution in [2.24, 2.45) is 0 Å². The van der Waals surface area contributed by atoms with Gasteiger partial charge in [-0.2, -0.15) is 6.92 Å². The van der Waals surface area contributed by atoms with Crippen LogP contribution < -0.4 is 18.9 Å². The van der Waals surface area contributed by atoms with Gasteiger partial charge < -0.3 is 4.90 Å². The van der Waals surface area contributed by atoms with Crippen LogP contribution in [-0.4, -0.2) is 26.8 Å². The van der Waals surface area contributed by atoms with Crippen LogP contribution in [0.25, 0.3) is 0 Å². The smallest absolute Gasteiger partial charge is 0.456 e. The van der Waals surface area contributed by atoms with E-state index in [4.69, 9.17) is 0 Å². The zero-order valence-electron chi connectivity index (χ0n) is 10.5. The fraction of sp³-hybridized carbons (Fsp3) is 0.909. The van der Waals surface area contributed by atoms with Gasteiger partial charge in [-0.15, -0.1) is 0 Å². The first kappa shape index (κ1) is 14.8. The van der Waals surface area contributed by atoms with Crippen molar-refractivity contribution < 1.29 is 18.9 Å². The zero-order valence-corrected chi connectivity index (χ0v) is 11.6. The summed E-state index contributed by atoms with van der Waals surface area (Å²) < 4.78 is 0. The molecule has 0 aromatic carbocycles. The Bertz CT molecular complexity index is 133. The van der Waals surface area contributed by atoms with E-state index >= 15 is 0 Å². The Balaban J connectivity index is 0.00000169.